The Hall–Kier alpha value is -4.20. The van der Waals surface area contributed by atoms with Gasteiger partial charge >= 0.3 is 6.18 Å². The Balaban J connectivity index is 1.51. The number of hydrogen-bond acceptors (Lipinski definition) is 4. The Morgan fingerprint density at radius 3 is 2.22 bits per heavy atom. The Labute approximate surface area is 206 Å². The fourth-order valence-corrected chi connectivity index (χ4v) is 4.28. The van der Waals surface area contributed by atoms with Crippen LogP contribution in [-0.4, -0.2) is 34.4 Å². The highest BCUT2D eigenvalue weighted by molar-refractivity contribution is 5.94. The molecule has 1 amide bonds. The highest BCUT2D eigenvalue weighted by atomic mass is 19.4. The lowest BCUT2D eigenvalue weighted by molar-refractivity contribution is -0.137. The first kappa shape index (κ1) is 23.5. The number of ether oxygens (including phenoxy) is 1. The second-order valence-electron chi connectivity index (χ2n) is 8.47. The number of nitrogens with zero attached hydrogens (tertiary/aromatic N) is 3. The third-order valence-corrected chi connectivity index (χ3v) is 6.20. The molecule has 0 unspecified atom stereocenters. The molecule has 0 aliphatic carbocycles. The minimum atomic E-state index is -4.45. The van der Waals surface area contributed by atoms with Crippen LogP contribution in [0.1, 0.15) is 27.2 Å². The molecule has 0 fully saturated rings. The van der Waals surface area contributed by atoms with Crippen LogP contribution in [0.25, 0.3) is 22.6 Å². The number of alkyl halides is 3. The van der Waals surface area contributed by atoms with E-state index in [-0.39, 0.29) is 18.0 Å². The maximum absolute atomic E-state index is 13.2. The maximum Gasteiger partial charge on any atom is 0.416 e. The average Bonchev–Trinajstić information content (AvgIpc) is 2.92. The summed E-state index contributed by atoms with van der Waals surface area (Å²) < 4.78 is 44.1. The summed E-state index contributed by atoms with van der Waals surface area (Å²) in [4.78, 5) is 24.5. The molecule has 1 aliphatic heterocycles. The van der Waals surface area contributed by atoms with Crippen molar-refractivity contribution in [1.82, 2.24) is 14.9 Å². The lowest BCUT2D eigenvalue weighted by Gasteiger charge is -2.30. The predicted octanol–water partition coefficient (Wildman–Crippen LogP) is 6.04. The second kappa shape index (κ2) is 9.45. The van der Waals surface area contributed by atoms with Crippen LogP contribution in [-0.2, 0) is 19.1 Å². The van der Waals surface area contributed by atoms with Crippen molar-refractivity contribution >= 4 is 5.91 Å². The minimum Gasteiger partial charge on any atom is -0.497 e. The molecule has 0 atom stereocenters. The van der Waals surface area contributed by atoms with E-state index in [1.807, 2.05) is 54.6 Å². The monoisotopic (exact) mass is 489 g/mol. The van der Waals surface area contributed by atoms with Gasteiger partial charge in [0.05, 0.1) is 24.1 Å². The van der Waals surface area contributed by atoms with Crippen LogP contribution in [0.4, 0.5) is 13.2 Å². The first-order valence-electron chi connectivity index (χ1n) is 11.4. The lowest BCUT2D eigenvalue weighted by atomic mass is 9.97. The Morgan fingerprint density at radius 1 is 0.889 bits per heavy atom. The van der Waals surface area contributed by atoms with E-state index in [1.54, 1.807) is 12.0 Å². The Kier molecular flexibility index (Phi) is 6.18. The van der Waals surface area contributed by atoms with Gasteiger partial charge in [0.15, 0.2) is 5.82 Å². The molecule has 1 aliphatic rings. The Morgan fingerprint density at radius 2 is 1.58 bits per heavy atom. The first-order chi connectivity index (χ1) is 17.3. The van der Waals surface area contributed by atoms with Gasteiger partial charge in [-0.25, -0.2) is 9.97 Å². The number of aromatic nitrogens is 2. The molecule has 2 heterocycles. The standard InChI is InChI=1S/C28H22F3N3O2/c1-36-22-13-9-18(10-14-22)25-23-17-34(27(35)20-7-11-21(12-8-20)28(29,30)31)16-15-24(23)32-26(33-25)19-5-3-2-4-6-19/h2-14H,15-17H2,1H3. The molecule has 0 N–H and O–H groups in total. The van der Waals surface area contributed by atoms with Crippen LogP contribution < -0.4 is 4.74 Å². The highest BCUT2D eigenvalue weighted by Gasteiger charge is 2.31. The number of carbonyl (C=O) groups is 1. The predicted molar refractivity (Wildman–Crippen MR) is 129 cm³/mol. The van der Waals surface area contributed by atoms with Crippen molar-refractivity contribution in [2.45, 2.75) is 19.1 Å². The summed E-state index contributed by atoms with van der Waals surface area (Å²) in [5, 5.41) is 0. The van der Waals surface area contributed by atoms with Crippen molar-refractivity contribution in [1.29, 1.82) is 0 Å². The van der Waals surface area contributed by atoms with E-state index in [0.717, 1.165) is 34.5 Å². The van der Waals surface area contributed by atoms with Crippen molar-refractivity contribution in [3.63, 3.8) is 0 Å². The molecule has 3 aromatic carbocycles. The van der Waals surface area contributed by atoms with E-state index in [0.29, 0.717) is 30.2 Å². The average molecular weight is 489 g/mol. The van der Waals surface area contributed by atoms with Gasteiger partial charge in [-0.05, 0) is 48.5 Å². The number of fused-ring (bicyclic) bond motifs is 1. The van der Waals surface area contributed by atoms with Crippen LogP contribution in [0, 0.1) is 0 Å². The van der Waals surface area contributed by atoms with Crippen molar-refractivity contribution in [3.8, 4) is 28.4 Å². The fourth-order valence-electron chi connectivity index (χ4n) is 4.28. The smallest absolute Gasteiger partial charge is 0.416 e. The third kappa shape index (κ3) is 4.66. The number of rotatable bonds is 4. The molecule has 0 saturated heterocycles. The Bertz CT molecular complexity index is 1390. The van der Waals surface area contributed by atoms with Crippen molar-refractivity contribution in [2.24, 2.45) is 0 Å². The first-order valence-corrected chi connectivity index (χ1v) is 11.4. The summed E-state index contributed by atoms with van der Waals surface area (Å²) in [5.41, 5.74) is 3.56. The van der Waals surface area contributed by atoms with Gasteiger partial charge in [-0.15, -0.1) is 0 Å². The van der Waals surface area contributed by atoms with Crippen LogP contribution in [0.5, 0.6) is 5.75 Å². The van der Waals surface area contributed by atoms with E-state index in [2.05, 4.69) is 0 Å². The van der Waals surface area contributed by atoms with E-state index in [1.165, 1.54) is 12.1 Å². The van der Waals surface area contributed by atoms with Crippen molar-refractivity contribution in [2.75, 3.05) is 13.7 Å². The zero-order chi connectivity index (χ0) is 25.3. The van der Waals surface area contributed by atoms with Gasteiger partial charge in [-0.1, -0.05) is 30.3 Å². The van der Waals surface area contributed by atoms with Gasteiger partial charge in [0, 0.05) is 41.8 Å². The second-order valence-corrected chi connectivity index (χ2v) is 8.47. The van der Waals surface area contributed by atoms with Crippen LogP contribution in [0.3, 0.4) is 0 Å². The summed E-state index contributed by atoms with van der Waals surface area (Å²) in [6.07, 6.45) is -3.94. The van der Waals surface area contributed by atoms with Crippen LogP contribution in [0.15, 0.2) is 78.9 Å². The summed E-state index contributed by atoms with van der Waals surface area (Å²) in [6, 6.07) is 21.5. The van der Waals surface area contributed by atoms with Gasteiger partial charge in [-0.2, -0.15) is 13.2 Å². The van der Waals surface area contributed by atoms with Gasteiger partial charge in [0.2, 0.25) is 0 Å². The summed E-state index contributed by atoms with van der Waals surface area (Å²) in [7, 11) is 1.60. The zero-order valence-corrected chi connectivity index (χ0v) is 19.4. The largest absolute Gasteiger partial charge is 0.497 e. The topological polar surface area (TPSA) is 55.3 Å². The zero-order valence-electron chi connectivity index (χ0n) is 19.4. The number of hydrogen-bond donors (Lipinski definition) is 0. The molecule has 1 aromatic heterocycles. The molecule has 8 heteroatoms. The molecular formula is C28H22F3N3O2. The molecule has 0 spiro atoms. The number of methoxy groups -OCH3 is 1. The molecule has 182 valence electrons. The molecule has 5 rings (SSSR count). The molecule has 5 nitrogen and oxygen atoms in total. The molecule has 0 saturated carbocycles. The van der Waals surface area contributed by atoms with Gasteiger partial charge in [0.1, 0.15) is 5.75 Å². The lowest BCUT2D eigenvalue weighted by Crippen LogP contribution is -2.37. The van der Waals surface area contributed by atoms with E-state index in [9.17, 15) is 18.0 Å². The fraction of sp³-hybridized carbons (Fsp3) is 0.179. The van der Waals surface area contributed by atoms with Crippen molar-refractivity contribution < 1.29 is 22.7 Å². The van der Waals surface area contributed by atoms with Gasteiger partial charge < -0.3 is 9.64 Å². The molecule has 0 radical (unpaired) electrons. The number of benzene rings is 3. The van der Waals surface area contributed by atoms with Crippen LogP contribution >= 0.6 is 0 Å². The van der Waals surface area contributed by atoms with Crippen LogP contribution in [0.2, 0.25) is 0 Å². The van der Waals surface area contributed by atoms with Gasteiger partial charge in [-0.3, -0.25) is 4.79 Å². The SMILES string of the molecule is COc1ccc(-c2nc(-c3ccccc3)nc3c2CN(C(=O)c2ccc(C(F)(F)F)cc2)CC3)cc1. The third-order valence-electron chi connectivity index (χ3n) is 6.20. The van der Waals surface area contributed by atoms with Crippen molar-refractivity contribution in [3.05, 3.63) is 101 Å². The normalized spacial score (nSPS) is 13.3. The highest BCUT2D eigenvalue weighted by Crippen LogP contribution is 2.33. The summed E-state index contributed by atoms with van der Waals surface area (Å²) in [6.45, 7) is 0.659. The quantitative estimate of drug-likeness (QED) is 0.351. The minimum absolute atomic E-state index is 0.208. The molecule has 4 aromatic rings. The summed E-state index contributed by atoms with van der Waals surface area (Å²) >= 11 is 0. The van der Waals surface area contributed by atoms with E-state index >= 15 is 0 Å². The molecular weight excluding hydrogens is 467 g/mol. The summed E-state index contributed by atoms with van der Waals surface area (Å²) in [5.74, 6) is 0.980. The number of halogens is 3. The number of amides is 1. The molecule has 36 heavy (non-hydrogen) atoms. The van der Waals surface area contributed by atoms with Gasteiger partial charge in [0.25, 0.3) is 5.91 Å². The maximum atomic E-state index is 13.2. The molecule has 0 bridgehead atoms. The number of carbonyl (C=O) groups excluding carboxylic acids is 1. The van der Waals surface area contributed by atoms with E-state index < -0.39 is 11.7 Å². The van der Waals surface area contributed by atoms with E-state index in [4.69, 9.17) is 14.7 Å².